The van der Waals surface area contributed by atoms with E-state index in [1.54, 1.807) is 36.4 Å². The Morgan fingerprint density at radius 1 is 1.13 bits per heavy atom. The van der Waals surface area contributed by atoms with Crippen LogP contribution in [-0.2, 0) is 11.3 Å². The van der Waals surface area contributed by atoms with E-state index in [4.69, 9.17) is 0 Å². The van der Waals surface area contributed by atoms with Gasteiger partial charge in [-0.2, -0.15) is 0 Å². The van der Waals surface area contributed by atoms with Crippen LogP contribution < -0.4 is 10.9 Å². The Balaban J connectivity index is 1.71. The predicted molar refractivity (Wildman–Crippen MR) is 87.4 cm³/mol. The Bertz CT molecular complexity index is 918. The summed E-state index contributed by atoms with van der Waals surface area (Å²) in [6.45, 7) is 0.218. The van der Waals surface area contributed by atoms with Crippen molar-refractivity contribution in [3.8, 4) is 5.75 Å². The van der Waals surface area contributed by atoms with Gasteiger partial charge in [0.25, 0.3) is 5.56 Å². The SMILES string of the molecule is O=C(CCn1cnc2ccccc2c1=O)Nc1ccccc1O. The number of aromatic nitrogens is 2. The fraction of sp³-hybridized carbons (Fsp3) is 0.118. The molecule has 0 radical (unpaired) electrons. The average Bonchev–Trinajstić information content (AvgIpc) is 2.57. The zero-order valence-corrected chi connectivity index (χ0v) is 12.3. The third kappa shape index (κ3) is 3.21. The number of para-hydroxylation sites is 3. The van der Waals surface area contributed by atoms with Crippen molar-refractivity contribution in [2.75, 3.05) is 5.32 Å². The van der Waals surface area contributed by atoms with Crippen LogP contribution in [0.5, 0.6) is 5.75 Å². The Kier molecular flexibility index (Phi) is 4.05. The molecular weight excluding hydrogens is 294 g/mol. The summed E-state index contributed by atoms with van der Waals surface area (Å²) < 4.78 is 1.41. The minimum absolute atomic E-state index is 0.00499. The molecule has 116 valence electrons. The maximum atomic E-state index is 12.3. The van der Waals surface area contributed by atoms with Crippen molar-refractivity contribution in [1.29, 1.82) is 0 Å². The van der Waals surface area contributed by atoms with Crippen LogP contribution in [0.25, 0.3) is 10.9 Å². The first kappa shape index (κ1) is 14.8. The van der Waals surface area contributed by atoms with Crippen molar-refractivity contribution in [2.45, 2.75) is 13.0 Å². The summed E-state index contributed by atoms with van der Waals surface area (Å²) >= 11 is 0. The molecule has 0 saturated heterocycles. The molecule has 0 saturated carbocycles. The predicted octanol–water partition coefficient (Wildman–Crippen LogP) is 2.13. The van der Waals surface area contributed by atoms with Gasteiger partial charge in [0, 0.05) is 13.0 Å². The van der Waals surface area contributed by atoms with E-state index in [2.05, 4.69) is 10.3 Å². The molecule has 2 N–H and O–H groups in total. The van der Waals surface area contributed by atoms with Crippen LogP contribution in [-0.4, -0.2) is 20.6 Å². The number of rotatable bonds is 4. The van der Waals surface area contributed by atoms with Crippen LogP contribution in [0.4, 0.5) is 5.69 Å². The summed E-state index contributed by atoms with van der Waals surface area (Å²) in [5, 5.41) is 12.8. The second-order valence-electron chi connectivity index (χ2n) is 5.08. The lowest BCUT2D eigenvalue weighted by Gasteiger charge is -2.08. The van der Waals surface area contributed by atoms with Gasteiger partial charge in [0.1, 0.15) is 5.75 Å². The fourth-order valence-electron chi connectivity index (χ4n) is 2.28. The molecule has 2 aromatic carbocycles. The Morgan fingerprint density at radius 3 is 2.70 bits per heavy atom. The number of aromatic hydroxyl groups is 1. The summed E-state index contributed by atoms with van der Waals surface area (Å²) in [7, 11) is 0. The normalized spacial score (nSPS) is 10.6. The van der Waals surface area contributed by atoms with E-state index in [9.17, 15) is 14.7 Å². The molecule has 0 unspecified atom stereocenters. The number of hydrogen-bond acceptors (Lipinski definition) is 4. The summed E-state index contributed by atoms with van der Waals surface area (Å²) in [5.74, 6) is -0.281. The van der Waals surface area contributed by atoms with Gasteiger partial charge in [-0.3, -0.25) is 14.2 Å². The van der Waals surface area contributed by atoms with Crippen molar-refractivity contribution in [2.24, 2.45) is 0 Å². The highest BCUT2D eigenvalue weighted by Crippen LogP contribution is 2.21. The van der Waals surface area contributed by atoms with Gasteiger partial charge in [-0.05, 0) is 24.3 Å². The minimum atomic E-state index is -0.286. The summed E-state index contributed by atoms with van der Waals surface area (Å²) in [6, 6.07) is 13.6. The molecule has 0 aliphatic carbocycles. The van der Waals surface area contributed by atoms with Gasteiger partial charge in [-0.1, -0.05) is 24.3 Å². The molecule has 0 fully saturated rings. The third-order valence-corrected chi connectivity index (χ3v) is 3.49. The molecule has 0 aliphatic rings. The highest BCUT2D eigenvalue weighted by Gasteiger charge is 2.08. The number of amides is 1. The Labute approximate surface area is 132 Å². The van der Waals surface area contributed by atoms with Crippen molar-refractivity contribution in [3.05, 3.63) is 65.2 Å². The molecule has 0 atom stereocenters. The third-order valence-electron chi connectivity index (χ3n) is 3.49. The number of carbonyl (C=O) groups excluding carboxylic acids is 1. The van der Waals surface area contributed by atoms with Crippen LogP contribution in [0.2, 0.25) is 0 Å². The van der Waals surface area contributed by atoms with Gasteiger partial charge in [0.05, 0.1) is 22.9 Å². The van der Waals surface area contributed by atoms with Gasteiger partial charge >= 0.3 is 0 Å². The minimum Gasteiger partial charge on any atom is -0.506 e. The molecule has 0 bridgehead atoms. The van der Waals surface area contributed by atoms with Crippen LogP contribution in [0.3, 0.4) is 0 Å². The molecule has 3 rings (SSSR count). The molecule has 6 nitrogen and oxygen atoms in total. The van der Waals surface area contributed by atoms with E-state index in [0.29, 0.717) is 16.6 Å². The lowest BCUT2D eigenvalue weighted by Crippen LogP contribution is -2.23. The van der Waals surface area contributed by atoms with Gasteiger partial charge in [-0.25, -0.2) is 4.98 Å². The molecule has 23 heavy (non-hydrogen) atoms. The number of benzene rings is 2. The number of phenolic OH excluding ortho intramolecular Hbond substituents is 1. The van der Waals surface area contributed by atoms with E-state index >= 15 is 0 Å². The topological polar surface area (TPSA) is 84.2 Å². The number of fused-ring (bicyclic) bond motifs is 1. The molecule has 3 aromatic rings. The summed E-state index contributed by atoms with van der Waals surface area (Å²) in [6.07, 6.45) is 1.55. The zero-order valence-electron chi connectivity index (χ0n) is 12.3. The lowest BCUT2D eigenvalue weighted by atomic mass is 10.2. The number of nitrogens with one attached hydrogen (secondary N) is 1. The van der Waals surface area contributed by atoms with Crippen molar-refractivity contribution in [3.63, 3.8) is 0 Å². The number of nitrogens with zero attached hydrogens (tertiary/aromatic N) is 2. The van der Waals surface area contributed by atoms with Gasteiger partial charge in [-0.15, -0.1) is 0 Å². The Hall–Kier alpha value is -3.15. The molecule has 1 heterocycles. The second-order valence-corrected chi connectivity index (χ2v) is 5.08. The first-order valence-corrected chi connectivity index (χ1v) is 7.17. The smallest absolute Gasteiger partial charge is 0.261 e. The van der Waals surface area contributed by atoms with Gasteiger partial charge < -0.3 is 10.4 Å². The lowest BCUT2D eigenvalue weighted by molar-refractivity contribution is -0.116. The average molecular weight is 309 g/mol. The van der Waals surface area contributed by atoms with Crippen LogP contribution in [0.15, 0.2) is 59.7 Å². The van der Waals surface area contributed by atoms with E-state index in [1.807, 2.05) is 6.07 Å². The van der Waals surface area contributed by atoms with Crippen LogP contribution >= 0.6 is 0 Å². The number of anilines is 1. The number of phenols is 1. The molecular formula is C17H15N3O3. The molecule has 1 aromatic heterocycles. The maximum Gasteiger partial charge on any atom is 0.261 e. The molecule has 1 amide bonds. The van der Waals surface area contributed by atoms with Gasteiger partial charge in [0.15, 0.2) is 0 Å². The first-order chi connectivity index (χ1) is 11.1. The van der Waals surface area contributed by atoms with Gasteiger partial charge in [0.2, 0.25) is 5.91 Å². The quantitative estimate of drug-likeness (QED) is 0.723. The number of aryl methyl sites for hydroxylation is 1. The fourth-order valence-corrected chi connectivity index (χ4v) is 2.28. The highest BCUT2D eigenvalue weighted by atomic mass is 16.3. The standard InChI is InChI=1S/C17H15N3O3/c21-15-8-4-3-7-14(15)19-16(22)9-10-20-11-18-13-6-2-1-5-12(13)17(20)23/h1-8,11,21H,9-10H2,(H,19,22). The monoisotopic (exact) mass is 309 g/mol. The molecule has 0 aliphatic heterocycles. The van der Waals surface area contributed by atoms with Crippen molar-refractivity contribution < 1.29 is 9.90 Å². The summed E-state index contributed by atoms with van der Waals surface area (Å²) in [5.41, 5.74) is 0.805. The van der Waals surface area contributed by atoms with Crippen LogP contribution in [0, 0.1) is 0 Å². The zero-order chi connectivity index (χ0) is 16.2. The van der Waals surface area contributed by atoms with Crippen LogP contribution in [0.1, 0.15) is 6.42 Å². The van der Waals surface area contributed by atoms with Crippen molar-refractivity contribution >= 4 is 22.5 Å². The largest absolute Gasteiger partial charge is 0.506 e. The molecule has 0 spiro atoms. The second kappa shape index (κ2) is 6.31. The first-order valence-electron chi connectivity index (χ1n) is 7.17. The van der Waals surface area contributed by atoms with E-state index in [1.165, 1.54) is 17.0 Å². The van der Waals surface area contributed by atoms with E-state index in [0.717, 1.165) is 0 Å². The van der Waals surface area contributed by atoms with E-state index < -0.39 is 0 Å². The number of carbonyl (C=O) groups is 1. The Morgan fingerprint density at radius 2 is 1.87 bits per heavy atom. The maximum absolute atomic E-state index is 12.3. The molecule has 6 heteroatoms. The number of hydrogen-bond donors (Lipinski definition) is 2. The highest BCUT2D eigenvalue weighted by molar-refractivity contribution is 5.92. The summed E-state index contributed by atoms with van der Waals surface area (Å²) in [4.78, 5) is 28.5. The van der Waals surface area contributed by atoms with Crippen molar-refractivity contribution in [1.82, 2.24) is 9.55 Å². The van der Waals surface area contributed by atoms with E-state index in [-0.39, 0.29) is 30.2 Å².